The molecule has 0 spiro atoms. The number of hydrogen-bond donors (Lipinski definition) is 2. The lowest BCUT2D eigenvalue weighted by Gasteiger charge is -2.25. The minimum absolute atomic E-state index is 0.0919. The zero-order valence-electron chi connectivity index (χ0n) is 31.3. The van der Waals surface area contributed by atoms with Crippen molar-refractivity contribution >= 4 is 25.7 Å². The number of likely N-dealkylation sites (N-methyl/N-ethyl adjacent to an activating group) is 1. The highest BCUT2D eigenvalue weighted by Gasteiger charge is 2.31. The quantitative estimate of drug-likeness (QED) is 0.0187. The van der Waals surface area contributed by atoms with Crippen LogP contribution in [-0.4, -0.2) is 84.0 Å². The van der Waals surface area contributed by atoms with E-state index in [2.05, 4.69) is 19.1 Å². The van der Waals surface area contributed by atoms with Gasteiger partial charge in [-0.3, -0.25) is 33.3 Å². The van der Waals surface area contributed by atoms with Crippen molar-refractivity contribution in [1.82, 2.24) is 9.55 Å². The molecule has 52 heavy (non-hydrogen) atoms. The van der Waals surface area contributed by atoms with Gasteiger partial charge in [-0.25, -0.2) is 13.9 Å². The number of nitrogens with zero attached hydrogens (tertiary/aromatic N) is 2. The second-order valence-corrected chi connectivity index (χ2v) is 15.0. The average Bonchev–Trinajstić information content (AvgIpc) is 3.05. The highest BCUT2D eigenvalue weighted by molar-refractivity contribution is 7.47. The number of esters is 3. The number of carbonyl (C=O) groups is 3. The van der Waals surface area contributed by atoms with Crippen molar-refractivity contribution in [3.8, 4) is 0 Å². The standard InChI is InChI=1S/C35H59FN3O12P/c1-5-6-7-8-9-10-11-12-13-14-15-16-17-18-19-21-30(40)47-27-33(51-52(45,46)49-25-24-39(2,3)4)50-32(42)23-20-22-31(41)48-28-38-26-29(36)34(43)37-35(38)44/h12-13,26,33H,5-11,14-25,27-28H2,1-4H3,(H-,37,43,44,45,46)/p+1/b13-12+. The molecular weight excluding hydrogens is 704 g/mol. The van der Waals surface area contributed by atoms with Gasteiger partial charge in [0.05, 0.1) is 27.3 Å². The number of hydrogen-bond acceptors (Lipinski definition) is 11. The highest BCUT2D eigenvalue weighted by Crippen LogP contribution is 2.44. The number of quaternary nitrogens is 1. The molecule has 2 atom stereocenters. The molecular formula is C35H60FN3O12P+. The molecule has 0 radical (unpaired) electrons. The van der Waals surface area contributed by atoms with Crippen molar-refractivity contribution < 1.29 is 56.0 Å². The van der Waals surface area contributed by atoms with Gasteiger partial charge >= 0.3 is 31.4 Å². The Balaban J connectivity index is 2.45. The van der Waals surface area contributed by atoms with Crippen molar-refractivity contribution in [2.45, 2.75) is 129 Å². The molecule has 1 rings (SSSR count). The van der Waals surface area contributed by atoms with Gasteiger partial charge in [0.15, 0.2) is 13.3 Å². The minimum atomic E-state index is -4.73. The van der Waals surface area contributed by atoms with Crippen LogP contribution in [0.2, 0.25) is 0 Å². The Labute approximate surface area is 306 Å². The summed E-state index contributed by atoms with van der Waals surface area (Å²) in [6.45, 7) is 1.11. The summed E-state index contributed by atoms with van der Waals surface area (Å²) in [7, 11) is 0.830. The van der Waals surface area contributed by atoms with Gasteiger partial charge in [0.25, 0.3) is 5.56 Å². The van der Waals surface area contributed by atoms with Crippen LogP contribution in [0.5, 0.6) is 0 Å². The maximum atomic E-state index is 13.4. The van der Waals surface area contributed by atoms with E-state index in [-0.39, 0.29) is 32.3 Å². The van der Waals surface area contributed by atoms with E-state index in [1.165, 1.54) is 38.5 Å². The predicted molar refractivity (Wildman–Crippen MR) is 191 cm³/mol. The number of aromatic amines is 1. The Bertz CT molecular complexity index is 1390. The molecule has 0 saturated heterocycles. The van der Waals surface area contributed by atoms with Gasteiger partial charge in [-0.05, 0) is 38.5 Å². The summed E-state index contributed by atoms with van der Waals surface area (Å²) < 4.78 is 52.2. The average molecular weight is 765 g/mol. The number of phosphoric ester groups is 1. The van der Waals surface area contributed by atoms with Gasteiger partial charge in [0, 0.05) is 19.3 Å². The fourth-order valence-electron chi connectivity index (χ4n) is 4.64. The summed E-state index contributed by atoms with van der Waals surface area (Å²) in [4.78, 5) is 71.6. The van der Waals surface area contributed by atoms with Gasteiger partial charge in [-0.15, -0.1) is 0 Å². The summed E-state index contributed by atoms with van der Waals surface area (Å²) in [5.41, 5.74) is -2.19. The number of H-pyrrole nitrogens is 1. The van der Waals surface area contributed by atoms with Crippen LogP contribution in [0.15, 0.2) is 27.9 Å². The molecule has 1 aromatic rings. The molecule has 2 N–H and O–H groups in total. The van der Waals surface area contributed by atoms with Crippen LogP contribution in [0.25, 0.3) is 0 Å². The third kappa shape index (κ3) is 24.9. The molecule has 0 amide bonds. The van der Waals surface area contributed by atoms with Crippen molar-refractivity contribution in [3.63, 3.8) is 0 Å². The number of aromatic nitrogens is 2. The second-order valence-electron chi connectivity index (χ2n) is 13.6. The summed E-state index contributed by atoms with van der Waals surface area (Å²) in [6, 6.07) is 0. The SMILES string of the molecule is CCCCCCCC/C=C/CCCCCCCC(=O)OCC(OC(=O)CCCC(=O)OCn1cc(F)c(=O)[nH]c1=O)OP(=O)(O)OCC[N+](C)(C)C. The van der Waals surface area contributed by atoms with Crippen molar-refractivity contribution in [2.24, 2.45) is 0 Å². The topological polar surface area (TPSA) is 190 Å². The van der Waals surface area contributed by atoms with E-state index >= 15 is 0 Å². The van der Waals surface area contributed by atoms with E-state index in [1.54, 1.807) is 4.98 Å². The molecule has 0 fully saturated rings. The van der Waals surface area contributed by atoms with Crippen LogP contribution in [0.1, 0.15) is 116 Å². The zero-order chi connectivity index (χ0) is 38.8. The Morgan fingerprint density at radius 2 is 1.42 bits per heavy atom. The molecule has 15 nitrogen and oxygen atoms in total. The van der Waals surface area contributed by atoms with Gasteiger partial charge in [-0.2, -0.15) is 4.39 Å². The molecule has 0 aromatic carbocycles. The number of nitrogens with one attached hydrogen (secondary N) is 1. The first-order valence-electron chi connectivity index (χ1n) is 18.2. The van der Waals surface area contributed by atoms with Crippen LogP contribution >= 0.6 is 7.82 Å². The number of carbonyl (C=O) groups excluding carboxylic acids is 3. The van der Waals surface area contributed by atoms with E-state index in [4.69, 9.17) is 23.3 Å². The van der Waals surface area contributed by atoms with Crippen molar-refractivity contribution in [3.05, 3.63) is 45.0 Å². The monoisotopic (exact) mass is 764 g/mol. The number of phosphoric acid groups is 1. The lowest BCUT2D eigenvalue weighted by Crippen LogP contribution is -2.37. The van der Waals surface area contributed by atoms with Crippen LogP contribution in [0.4, 0.5) is 4.39 Å². The molecule has 0 bridgehead atoms. The molecule has 2 unspecified atom stereocenters. The first-order valence-corrected chi connectivity index (χ1v) is 19.7. The smallest absolute Gasteiger partial charge is 0.459 e. The summed E-state index contributed by atoms with van der Waals surface area (Å²) in [5, 5.41) is 0. The van der Waals surface area contributed by atoms with Gasteiger partial charge in [-0.1, -0.05) is 70.4 Å². The first-order chi connectivity index (χ1) is 24.6. The van der Waals surface area contributed by atoms with Crippen LogP contribution in [0, 0.1) is 5.82 Å². The van der Waals surface area contributed by atoms with Crippen LogP contribution in [0.3, 0.4) is 0 Å². The maximum Gasteiger partial charge on any atom is 0.475 e. The molecule has 17 heteroatoms. The molecule has 0 aliphatic rings. The zero-order valence-corrected chi connectivity index (χ0v) is 32.2. The van der Waals surface area contributed by atoms with Crippen molar-refractivity contribution in [2.75, 3.05) is 40.9 Å². The second kappa shape index (κ2) is 26.6. The van der Waals surface area contributed by atoms with Crippen LogP contribution < -0.4 is 11.2 Å². The van der Waals surface area contributed by atoms with E-state index in [9.17, 15) is 37.8 Å². The van der Waals surface area contributed by atoms with Gasteiger partial charge in [0.2, 0.25) is 12.1 Å². The highest BCUT2D eigenvalue weighted by atomic mass is 31.2. The third-order valence-corrected chi connectivity index (χ3v) is 8.66. The Hall–Kier alpha value is -3.17. The lowest BCUT2D eigenvalue weighted by molar-refractivity contribution is -0.870. The van der Waals surface area contributed by atoms with E-state index < -0.39 is 62.4 Å². The molecule has 298 valence electrons. The Morgan fingerprint density at radius 3 is 2.06 bits per heavy atom. The number of rotatable bonds is 30. The summed E-state index contributed by atoms with van der Waals surface area (Å²) in [5.74, 6) is -3.61. The molecule has 0 aliphatic carbocycles. The molecule has 1 heterocycles. The summed E-state index contributed by atoms with van der Waals surface area (Å²) >= 11 is 0. The summed E-state index contributed by atoms with van der Waals surface area (Å²) in [6.07, 6.45) is 17.2. The maximum absolute atomic E-state index is 13.4. The number of unbranched alkanes of at least 4 members (excludes halogenated alkanes) is 11. The fraction of sp³-hybridized carbons (Fsp3) is 0.743. The lowest BCUT2D eigenvalue weighted by atomic mass is 10.1. The number of halogens is 1. The van der Waals surface area contributed by atoms with E-state index in [0.717, 1.165) is 38.5 Å². The van der Waals surface area contributed by atoms with Gasteiger partial charge in [0.1, 0.15) is 13.2 Å². The molecule has 0 saturated carbocycles. The predicted octanol–water partition coefficient (Wildman–Crippen LogP) is 5.64. The first kappa shape index (κ1) is 46.9. The van der Waals surface area contributed by atoms with Gasteiger partial charge < -0.3 is 23.6 Å². The van der Waals surface area contributed by atoms with E-state index in [0.29, 0.717) is 28.2 Å². The number of ether oxygens (including phenoxy) is 3. The third-order valence-electron chi connectivity index (χ3n) is 7.65. The fourth-order valence-corrected chi connectivity index (χ4v) is 5.42. The van der Waals surface area contributed by atoms with Crippen molar-refractivity contribution in [1.29, 1.82) is 0 Å². The largest absolute Gasteiger partial charge is 0.475 e. The van der Waals surface area contributed by atoms with E-state index in [1.807, 2.05) is 21.1 Å². The Morgan fingerprint density at radius 1 is 0.865 bits per heavy atom. The minimum Gasteiger partial charge on any atom is -0.459 e. The number of allylic oxidation sites excluding steroid dienone is 2. The Kier molecular flexibility index (Phi) is 23.9. The normalized spacial score (nSPS) is 13.5. The van der Waals surface area contributed by atoms with Crippen LogP contribution in [-0.2, 0) is 48.9 Å². The molecule has 1 aromatic heterocycles. The molecule has 0 aliphatic heterocycles.